The summed E-state index contributed by atoms with van der Waals surface area (Å²) >= 11 is 0. The number of aromatic carboxylic acids is 1. The third kappa shape index (κ3) is 7.31. The van der Waals surface area contributed by atoms with E-state index in [2.05, 4.69) is 0 Å². The highest BCUT2D eigenvalue weighted by Crippen LogP contribution is 2.31. The zero-order chi connectivity index (χ0) is 25.6. The highest BCUT2D eigenvalue weighted by Gasteiger charge is 2.30. The predicted molar refractivity (Wildman–Crippen MR) is 129 cm³/mol. The van der Waals surface area contributed by atoms with Gasteiger partial charge in [-0.25, -0.2) is 4.79 Å². The Hall–Kier alpha value is -2.87. The molecule has 0 aromatic heterocycles. The topological polar surface area (TPSA) is 60.9 Å². The summed E-state index contributed by atoms with van der Waals surface area (Å²) < 4.78 is 39.7. The van der Waals surface area contributed by atoms with Gasteiger partial charge in [-0.05, 0) is 54.8 Å². The first-order chi connectivity index (χ1) is 16.6. The van der Waals surface area contributed by atoms with Crippen LogP contribution < -0.4 is 4.90 Å². The lowest BCUT2D eigenvalue weighted by Gasteiger charge is -2.30. The van der Waals surface area contributed by atoms with Crippen molar-refractivity contribution in [2.24, 2.45) is 5.92 Å². The first kappa shape index (κ1) is 26.7. The van der Waals surface area contributed by atoms with Gasteiger partial charge in [0.2, 0.25) is 5.91 Å². The Kier molecular flexibility index (Phi) is 8.94. The summed E-state index contributed by atoms with van der Waals surface area (Å²) in [6, 6.07) is 10.1. The number of halogens is 3. The van der Waals surface area contributed by atoms with Gasteiger partial charge >= 0.3 is 12.1 Å². The van der Waals surface area contributed by atoms with Crippen molar-refractivity contribution in [1.82, 2.24) is 4.90 Å². The Morgan fingerprint density at radius 3 is 2.31 bits per heavy atom. The molecule has 5 nitrogen and oxygen atoms in total. The molecule has 1 heterocycles. The minimum absolute atomic E-state index is 0.0317. The molecule has 0 unspecified atom stereocenters. The maximum absolute atomic E-state index is 13.2. The second kappa shape index (κ2) is 11.7. The van der Waals surface area contributed by atoms with E-state index >= 15 is 0 Å². The van der Waals surface area contributed by atoms with E-state index in [0.29, 0.717) is 43.0 Å². The molecule has 0 saturated heterocycles. The monoisotopic (exact) mass is 490 g/mol. The van der Waals surface area contributed by atoms with Crippen LogP contribution in [0, 0.1) is 5.92 Å². The van der Waals surface area contributed by atoms with Crippen LogP contribution in [0.3, 0.4) is 0 Å². The fraction of sp³-hybridized carbons (Fsp3) is 0.481. The summed E-state index contributed by atoms with van der Waals surface area (Å²) in [4.78, 5) is 28.6. The molecule has 1 amide bonds. The van der Waals surface area contributed by atoms with E-state index in [1.54, 1.807) is 23.1 Å². The molecular formula is C27H33F3N2O3. The Morgan fingerprint density at radius 1 is 0.971 bits per heavy atom. The van der Waals surface area contributed by atoms with Crippen LogP contribution in [0.2, 0.25) is 0 Å². The average molecular weight is 491 g/mol. The maximum Gasteiger partial charge on any atom is 0.416 e. The van der Waals surface area contributed by atoms with Crippen molar-refractivity contribution in [3.8, 4) is 0 Å². The van der Waals surface area contributed by atoms with Crippen LogP contribution in [0.15, 0.2) is 42.5 Å². The van der Waals surface area contributed by atoms with Gasteiger partial charge in [-0.2, -0.15) is 13.2 Å². The number of carboxylic acid groups (broad SMARTS) is 1. The van der Waals surface area contributed by atoms with Gasteiger partial charge in [-0.15, -0.1) is 0 Å². The van der Waals surface area contributed by atoms with Crippen molar-refractivity contribution >= 4 is 17.6 Å². The van der Waals surface area contributed by atoms with Crippen LogP contribution in [-0.2, 0) is 24.1 Å². The smallest absolute Gasteiger partial charge is 0.416 e. The lowest BCUT2D eigenvalue weighted by molar-refractivity contribution is -0.137. The molecule has 1 aliphatic heterocycles. The fourth-order valence-corrected chi connectivity index (χ4v) is 4.46. The van der Waals surface area contributed by atoms with E-state index in [0.717, 1.165) is 38.2 Å². The maximum atomic E-state index is 13.2. The number of amides is 1. The average Bonchev–Trinajstić information content (AvgIpc) is 2.79. The second-order valence-corrected chi connectivity index (χ2v) is 9.47. The first-order valence-corrected chi connectivity index (χ1v) is 12.1. The zero-order valence-electron chi connectivity index (χ0n) is 20.3. The Labute approximate surface area is 204 Å². The summed E-state index contributed by atoms with van der Waals surface area (Å²) in [6.45, 7) is 5.50. The first-order valence-electron chi connectivity index (χ1n) is 12.1. The molecule has 0 radical (unpaired) electrons. The van der Waals surface area contributed by atoms with Crippen molar-refractivity contribution < 1.29 is 27.9 Å². The standard InChI is InChI=1S/C27H33F3N2O3/c1-19(2)25(33)32-14-7-5-3-4-6-13-31(17-20-9-8-10-23(15-20)27(28,29)30)18-22-16-21(26(34)35)11-12-24(22)32/h8-12,15-16,19H,3-7,13-14,17-18H2,1-2H3,(H,34,35). The molecule has 2 aromatic carbocycles. The molecule has 0 fully saturated rings. The minimum atomic E-state index is -4.42. The van der Waals surface area contributed by atoms with Crippen molar-refractivity contribution in [1.29, 1.82) is 0 Å². The molecule has 8 heteroatoms. The van der Waals surface area contributed by atoms with Crippen LogP contribution in [0.25, 0.3) is 0 Å². The number of anilines is 1. The van der Waals surface area contributed by atoms with Crippen LogP contribution in [0.1, 0.15) is 73.0 Å². The van der Waals surface area contributed by atoms with Crippen molar-refractivity contribution in [3.05, 3.63) is 64.7 Å². The van der Waals surface area contributed by atoms with Gasteiger partial charge in [0.1, 0.15) is 0 Å². The normalized spacial score (nSPS) is 16.3. The third-order valence-electron chi connectivity index (χ3n) is 6.29. The number of hydrogen-bond acceptors (Lipinski definition) is 3. The summed E-state index contributed by atoms with van der Waals surface area (Å²) in [5.41, 5.74) is 1.33. The lowest BCUT2D eigenvalue weighted by atomic mass is 10.0. The fourth-order valence-electron chi connectivity index (χ4n) is 4.46. The van der Waals surface area contributed by atoms with Gasteiger partial charge in [0, 0.05) is 31.2 Å². The molecule has 190 valence electrons. The van der Waals surface area contributed by atoms with Gasteiger partial charge in [-0.3, -0.25) is 9.69 Å². The van der Waals surface area contributed by atoms with Crippen LogP contribution in [0.4, 0.5) is 18.9 Å². The highest BCUT2D eigenvalue weighted by atomic mass is 19.4. The van der Waals surface area contributed by atoms with Gasteiger partial charge in [0.05, 0.1) is 11.1 Å². The molecule has 35 heavy (non-hydrogen) atoms. The van der Waals surface area contributed by atoms with Crippen LogP contribution in [-0.4, -0.2) is 35.0 Å². The lowest BCUT2D eigenvalue weighted by Crippen LogP contribution is -2.37. The van der Waals surface area contributed by atoms with Crippen molar-refractivity contribution in [2.45, 2.75) is 65.2 Å². The van der Waals surface area contributed by atoms with E-state index in [1.807, 2.05) is 18.7 Å². The third-order valence-corrected chi connectivity index (χ3v) is 6.29. The number of rotatable bonds is 4. The molecule has 0 atom stereocenters. The Balaban J connectivity index is 2.00. The largest absolute Gasteiger partial charge is 0.478 e. The number of nitrogens with zero attached hydrogens (tertiary/aromatic N) is 2. The molecule has 1 aliphatic rings. The molecule has 1 N–H and O–H groups in total. The van der Waals surface area contributed by atoms with Gasteiger partial charge in [-0.1, -0.05) is 51.3 Å². The zero-order valence-corrected chi connectivity index (χ0v) is 20.3. The van der Waals surface area contributed by atoms with Gasteiger partial charge in [0.15, 0.2) is 0 Å². The van der Waals surface area contributed by atoms with Crippen molar-refractivity contribution in [3.63, 3.8) is 0 Å². The van der Waals surface area contributed by atoms with E-state index in [1.165, 1.54) is 18.2 Å². The number of alkyl halides is 3. The number of carbonyl (C=O) groups is 2. The summed E-state index contributed by atoms with van der Waals surface area (Å²) in [5.74, 6) is -1.32. The summed E-state index contributed by atoms with van der Waals surface area (Å²) in [7, 11) is 0. The van der Waals surface area contributed by atoms with E-state index in [4.69, 9.17) is 0 Å². The highest BCUT2D eigenvalue weighted by molar-refractivity contribution is 5.96. The Morgan fingerprint density at radius 2 is 1.66 bits per heavy atom. The summed E-state index contributed by atoms with van der Waals surface area (Å²) in [5, 5.41) is 9.57. The predicted octanol–water partition coefficient (Wildman–Crippen LogP) is 6.36. The van der Waals surface area contributed by atoms with Gasteiger partial charge in [0.25, 0.3) is 0 Å². The Bertz CT molecular complexity index is 1040. The molecule has 0 saturated carbocycles. The number of carboxylic acids is 1. The number of carbonyl (C=O) groups excluding carboxylic acids is 1. The number of benzene rings is 2. The van der Waals surface area contributed by atoms with E-state index in [9.17, 15) is 27.9 Å². The SMILES string of the molecule is CC(C)C(=O)N1CCCCCCCN(Cc2cccc(C(F)(F)F)c2)Cc2cc(C(=O)O)ccc21. The van der Waals surface area contributed by atoms with E-state index in [-0.39, 0.29) is 17.4 Å². The molecule has 0 bridgehead atoms. The second-order valence-electron chi connectivity index (χ2n) is 9.47. The molecule has 0 spiro atoms. The van der Waals surface area contributed by atoms with Crippen LogP contribution >= 0.6 is 0 Å². The minimum Gasteiger partial charge on any atom is -0.478 e. The molecule has 3 rings (SSSR count). The van der Waals surface area contributed by atoms with Crippen molar-refractivity contribution in [2.75, 3.05) is 18.0 Å². The quantitative estimate of drug-likeness (QED) is 0.542. The summed E-state index contributed by atoms with van der Waals surface area (Å²) in [6.07, 6.45) is 0.301. The molecule has 2 aromatic rings. The van der Waals surface area contributed by atoms with Crippen LogP contribution in [0.5, 0.6) is 0 Å². The number of fused-ring (bicyclic) bond motifs is 1. The van der Waals surface area contributed by atoms with E-state index < -0.39 is 17.7 Å². The number of hydrogen-bond donors (Lipinski definition) is 1. The molecule has 0 aliphatic carbocycles. The van der Waals surface area contributed by atoms with Gasteiger partial charge < -0.3 is 10.0 Å². The molecular weight excluding hydrogens is 457 g/mol.